The average molecular weight is 401 g/mol. The Bertz CT molecular complexity index is 911. The molecule has 0 radical (unpaired) electrons. The van der Waals surface area contributed by atoms with Gasteiger partial charge in [-0.15, -0.1) is 0 Å². The van der Waals surface area contributed by atoms with Crippen molar-refractivity contribution >= 4 is 40.8 Å². The van der Waals surface area contributed by atoms with Gasteiger partial charge in [0.05, 0.1) is 5.92 Å². The molecule has 1 fully saturated rings. The number of hydrogen-bond donors (Lipinski definition) is 1. The Morgan fingerprint density at radius 3 is 2.54 bits per heavy atom. The van der Waals surface area contributed by atoms with Crippen LogP contribution in [-0.4, -0.2) is 30.9 Å². The van der Waals surface area contributed by atoms with Crippen LogP contribution in [0.25, 0.3) is 0 Å². The zero-order valence-electron chi connectivity index (χ0n) is 15.7. The van der Waals surface area contributed by atoms with Crippen LogP contribution in [0.3, 0.4) is 0 Å². The fourth-order valence-corrected chi connectivity index (χ4v) is 3.12. The molecule has 0 saturated carbocycles. The first kappa shape index (κ1) is 19.9. The second-order valence-corrected chi connectivity index (χ2v) is 7.27. The van der Waals surface area contributed by atoms with Gasteiger partial charge in [-0.25, -0.2) is 0 Å². The molecular formula is C21H21ClN2O4. The molecule has 2 aromatic rings. The van der Waals surface area contributed by atoms with Crippen molar-refractivity contribution in [2.24, 2.45) is 5.92 Å². The second kappa shape index (κ2) is 8.44. The number of benzene rings is 2. The molecule has 0 aromatic heterocycles. The average Bonchev–Trinajstić information content (AvgIpc) is 3.06. The number of nitrogens with zero attached hydrogens (tertiary/aromatic N) is 1. The molecule has 7 heteroatoms. The van der Waals surface area contributed by atoms with E-state index in [0.717, 1.165) is 16.8 Å². The Hall–Kier alpha value is -2.86. The number of hydrogen-bond acceptors (Lipinski definition) is 4. The first-order valence-corrected chi connectivity index (χ1v) is 9.31. The van der Waals surface area contributed by atoms with Gasteiger partial charge in [0.1, 0.15) is 0 Å². The van der Waals surface area contributed by atoms with E-state index in [9.17, 15) is 14.4 Å². The number of amides is 2. The third-order valence-electron chi connectivity index (χ3n) is 4.73. The summed E-state index contributed by atoms with van der Waals surface area (Å²) in [4.78, 5) is 38.1. The largest absolute Gasteiger partial charge is 0.455 e. The molecule has 1 aliphatic heterocycles. The lowest BCUT2D eigenvalue weighted by molar-refractivity contribution is -0.151. The van der Waals surface area contributed by atoms with E-state index in [4.69, 9.17) is 16.3 Å². The molecule has 3 rings (SSSR count). The maximum absolute atomic E-state index is 12.3. The summed E-state index contributed by atoms with van der Waals surface area (Å²) in [6, 6.07) is 12.3. The molecule has 1 saturated heterocycles. The Balaban J connectivity index is 1.53. The first-order chi connectivity index (χ1) is 13.3. The van der Waals surface area contributed by atoms with Crippen LogP contribution >= 0.6 is 11.6 Å². The first-order valence-electron chi connectivity index (χ1n) is 8.93. The zero-order chi connectivity index (χ0) is 20.3. The van der Waals surface area contributed by atoms with Crippen LogP contribution in [0.15, 0.2) is 42.5 Å². The smallest absolute Gasteiger partial charge is 0.311 e. The molecule has 0 bridgehead atoms. The lowest BCUT2D eigenvalue weighted by Crippen LogP contribution is -2.28. The molecule has 2 amide bonds. The second-order valence-electron chi connectivity index (χ2n) is 6.84. The van der Waals surface area contributed by atoms with E-state index in [-0.39, 0.29) is 18.9 Å². The van der Waals surface area contributed by atoms with Crippen molar-refractivity contribution in [1.82, 2.24) is 0 Å². The summed E-state index contributed by atoms with van der Waals surface area (Å²) < 4.78 is 5.10. The molecule has 28 heavy (non-hydrogen) atoms. The lowest BCUT2D eigenvalue weighted by atomic mass is 10.1. The third-order valence-corrected chi connectivity index (χ3v) is 4.99. The van der Waals surface area contributed by atoms with Gasteiger partial charge in [-0.1, -0.05) is 17.7 Å². The van der Waals surface area contributed by atoms with E-state index in [0.29, 0.717) is 10.7 Å². The highest BCUT2D eigenvalue weighted by Gasteiger charge is 2.36. The monoisotopic (exact) mass is 400 g/mol. The number of aryl methyl sites for hydroxylation is 2. The molecule has 1 heterocycles. The molecule has 0 unspecified atom stereocenters. The highest BCUT2D eigenvalue weighted by atomic mass is 35.5. The van der Waals surface area contributed by atoms with E-state index in [1.54, 1.807) is 29.2 Å². The molecular weight excluding hydrogens is 380 g/mol. The van der Waals surface area contributed by atoms with Crippen molar-refractivity contribution in [1.29, 1.82) is 0 Å². The van der Waals surface area contributed by atoms with Gasteiger partial charge in [-0.3, -0.25) is 14.4 Å². The van der Waals surface area contributed by atoms with Gasteiger partial charge in [0.25, 0.3) is 5.91 Å². The van der Waals surface area contributed by atoms with E-state index in [1.807, 2.05) is 32.0 Å². The summed E-state index contributed by atoms with van der Waals surface area (Å²) in [6.45, 7) is 3.82. The van der Waals surface area contributed by atoms with Crippen LogP contribution in [0.2, 0.25) is 5.02 Å². The maximum atomic E-state index is 12.3. The maximum Gasteiger partial charge on any atom is 0.311 e. The summed E-state index contributed by atoms with van der Waals surface area (Å²) in [7, 11) is 0. The van der Waals surface area contributed by atoms with Crippen molar-refractivity contribution in [2.45, 2.75) is 20.3 Å². The number of anilines is 2. The summed E-state index contributed by atoms with van der Waals surface area (Å²) in [5.41, 5.74) is 3.54. The SMILES string of the molecule is Cc1ccc(N2C[C@@H](C(=O)OCC(=O)Nc3ccc(Cl)cc3)CC2=O)cc1C. The highest BCUT2D eigenvalue weighted by molar-refractivity contribution is 6.30. The summed E-state index contributed by atoms with van der Waals surface area (Å²) >= 11 is 5.79. The minimum Gasteiger partial charge on any atom is -0.455 e. The fourth-order valence-electron chi connectivity index (χ4n) is 2.99. The Morgan fingerprint density at radius 1 is 1.14 bits per heavy atom. The summed E-state index contributed by atoms with van der Waals surface area (Å²) in [6.07, 6.45) is 0.0740. The van der Waals surface area contributed by atoms with E-state index in [1.165, 1.54) is 0 Å². The van der Waals surface area contributed by atoms with Crippen molar-refractivity contribution in [2.75, 3.05) is 23.4 Å². The van der Waals surface area contributed by atoms with Crippen LogP contribution in [0.1, 0.15) is 17.5 Å². The molecule has 1 N–H and O–H groups in total. The van der Waals surface area contributed by atoms with Crippen molar-refractivity contribution in [3.63, 3.8) is 0 Å². The van der Waals surface area contributed by atoms with Gasteiger partial charge < -0.3 is 15.0 Å². The Morgan fingerprint density at radius 2 is 1.86 bits per heavy atom. The normalized spacial score (nSPS) is 16.2. The zero-order valence-corrected chi connectivity index (χ0v) is 16.5. The van der Waals surface area contributed by atoms with Crippen molar-refractivity contribution in [3.05, 3.63) is 58.6 Å². The van der Waals surface area contributed by atoms with Gasteiger partial charge >= 0.3 is 5.97 Å². The minimum absolute atomic E-state index is 0.0740. The van der Waals surface area contributed by atoms with E-state index in [2.05, 4.69) is 5.32 Å². The number of carbonyl (C=O) groups excluding carboxylic acids is 3. The van der Waals surface area contributed by atoms with Gasteiger partial charge in [0.2, 0.25) is 5.91 Å². The number of esters is 1. The van der Waals surface area contributed by atoms with Crippen LogP contribution in [0, 0.1) is 19.8 Å². The van der Waals surface area contributed by atoms with Crippen LogP contribution in [-0.2, 0) is 19.1 Å². The highest BCUT2D eigenvalue weighted by Crippen LogP contribution is 2.27. The fraction of sp³-hybridized carbons (Fsp3) is 0.286. The van der Waals surface area contributed by atoms with Gasteiger partial charge in [-0.2, -0.15) is 0 Å². The lowest BCUT2D eigenvalue weighted by Gasteiger charge is -2.17. The third kappa shape index (κ3) is 4.70. The van der Waals surface area contributed by atoms with Crippen molar-refractivity contribution < 1.29 is 19.1 Å². The molecule has 1 atom stereocenters. The van der Waals surface area contributed by atoms with Crippen LogP contribution < -0.4 is 10.2 Å². The molecule has 2 aromatic carbocycles. The van der Waals surface area contributed by atoms with Crippen LogP contribution in [0.4, 0.5) is 11.4 Å². The summed E-state index contributed by atoms with van der Waals surface area (Å²) in [5.74, 6) is -1.72. The van der Waals surface area contributed by atoms with Gasteiger partial charge in [0.15, 0.2) is 6.61 Å². The van der Waals surface area contributed by atoms with E-state index >= 15 is 0 Å². The number of ether oxygens (including phenoxy) is 1. The molecule has 6 nitrogen and oxygen atoms in total. The predicted molar refractivity (Wildman–Crippen MR) is 107 cm³/mol. The quantitative estimate of drug-likeness (QED) is 0.779. The molecule has 0 aliphatic carbocycles. The number of nitrogens with one attached hydrogen (secondary N) is 1. The molecule has 0 spiro atoms. The molecule has 146 valence electrons. The standard InChI is InChI=1S/C21H21ClN2O4/c1-13-3-8-18(9-14(13)2)24-11-15(10-20(24)26)21(27)28-12-19(25)23-17-6-4-16(22)5-7-17/h3-9,15H,10-12H2,1-2H3,(H,23,25)/t15-/m0/s1. The Kier molecular flexibility index (Phi) is 5.99. The predicted octanol–water partition coefficient (Wildman–Crippen LogP) is 3.49. The van der Waals surface area contributed by atoms with Gasteiger partial charge in [-0.05, 0) is 61.4 Å². The van der Waals surface area contributed by atoms with Crippen LogP contribution in [0.5, 0.6) is 0 Å². The number of halogens is 1. The topological polar surface area (TPSA) is 75.7 Å². The number of rotatable bonds is 5. The van der Waals surface area contributed by atoms with Gasteiger partial charge in [0, 0.05) is 29.4 Å². The van der Waals surface area contributed by atoms with E-state index < -0.39 is 24.4 Å². The Labute approximate surface area is 168 Å². The molecule has 1 aliphatic rings. The van der Waals surface area contributed by atoms with Crippen molar-refractivity contribution in [3.8, 4) is 0 Å². The minimum atomic E-state index is -0.586. The number of carbonyl (C=O) groups is 3. The summed E-state index contributed by atoms with van der Waals surface area (Å²) in [5, 5.41) is 3.18.